The maximum Gasteiger partial charge on any atom is 0.331 e. The maximum absolute atomic E-state index is 13.0. The van der Waals surface area contributed by atoms with Crippen molar-refractivity contribution < 1.29 is 24.2 Å². The summed E-state index contributed by atoms with van der Waals surface area (Å²) < 4.78 is 10.9. The van der Waals surface area contributed by atoms with Crippen molar-refractivity contribution in [3.05, 3.63) is 64.6 Å². The lowest BCUT2D eigenvalue weighted by molar-refractivity contribution is -0.145. The van der Waals surface area contributed by atoms with E-state index in [2.05, 4.69) is 5.92 Å². The summed E-state index contributed by atoms with van der Waals surface area (Å²) in [5.74, 6) is 1.70. The maximum atomic E-state index is 13.0. The van der Waals surface area contributed by atoms with Crippen molar-refractivity contribution in [2.24, 2.45) is 0 Å². The van der Waals surface area contributed by atoms with Gasteiger partial charge in [-0.25, -0.2) is 4.79 Å². The number of terminal acetylenes is 1. The van der Waals surface area contributed by atoms with Gasteiger partial charge in [0.05, 0.1) is 12.0 Å². The molecule has 1 N–H and O–H groups in total. The van der Waals surface area contributed by atoms with Crippen LogP contribution in [0.15, 0.2) is 53.4 Å². The molecule has 0 radical (unpaired) electrons. The Kier molecular flexibility index (Phi) is 6.77. The van der Waals surface area contributed by atoms with Gasteiger partial charge in [-0.15, -0.1) is 6.42 Å². The Balaban J connectivity index is 1.91. The fourth-order valence-corrected chi connectivity index (χ4v) is 4.22. The lowest BCUT2D eigenvalue weighted by Crippen LogP contribution is -2.37. The van der Waals surface area contributed by atoms with E-state index in [1.807, 2.05) is 0 Å². The van der Waals surface area contributed by atoms with Gasteiger partial charge in [0.15, 0.2) is 17.5 Å². The molecule has 0 bridgehead atoms. The van der Waals surface area contributed by atoms with Crippen LogP contribution in [0.1, 0.15) is 17.2 Å². The number of carboxylic acids is 1. The van der Waals surface area contributed by atoms with Crippen molar-refractivity contribution in [1.82, 2.24) is 4.90 Å². The number of carboxylic acid groups (broad SMARTS) is 1. The minimum absolute atomic E-state index is 0.102. The van der Waals surface area contributed by atoms with Crippen LogP contribution < -0.4 is 9.47 Å². The first-order valence-corrected chi connectivity index (χ1v) is 9.98. The number of hydrogen-bond acceptors (Lipinski definition) is 6. The van der Waals surface area contributed by atoms with Crippen LogP contribution in [0.25, 0.3) is 6.08 Å². The summed E-state index contributed by atoms with van der Waals surface area (Å²) >= 11 is 6.38. The first-order chi connectivity index (χ1) is 14.5. The van der Waals surface area contributed by atoms with E-state index in [0.29, 0.717) is 27.5 Å². The minimum atomic E-state index is -1.20. The number of nitrogens with zero attached hydrogens (tertiary/aromatic N) is 1. The first kappa shape index (κ1) is 21.4. The van der Waals surface area contributed by atoms with Crippen LogP contribution in [-0.4, -0.2) is 39.9 Å². The highest BCUT2D eigenvalue weighted by molar-refractivity contribution is 8.26. The van der Waals surface area contributed by atoms with Gasteiger partial charge in [-0.2, -0.15) is 0 Å². The third-order valence-corrected chi connectivity index (χ3v) is 5.56. The zero-order chi connectivity index (χ0) is 21.7. The predicted molar refractivity (Wildman–Crippen MR) is 119 cm³/mol. The Morgan fingerprint density at radius 3 is 2.67 bits per heavy atom. The zero-order valence-corrected chi connectivity index (χ0v) is 17.5. The first-order valence-electron chi connectivity index (χ1n) is 8.75. The summed E-state index contributed by atoms with van der Waals surface area (Å²) in [6, 6.07) is 12.4. The summed E-state index contributed by atoms with van der Waals surface area (Å²) in [7, 11) is 1.50. The lowest BCUT2D eigenvalue weighted by atomic mass is 10.1. The zero-order valence-electron chi connectivity index (χ0n) is 15.9. The molecule has 8 heteroatoms. The number of thioether (sulfide) groups is 1. The van der Waals surface area contributed by atoms with Crippen LogP contribution in [0.4, 0.5) is 0 Å². The third kappa shape index (κ3) is 4.48. The number of aliphatic carboxylic acids is 1. The van der Waals surface area contributed by atoms with Crippen LogP contribution in [-0.2, 0) is 9.59 Å². The Labute approximate surface area is 183 Å². The molecule has 30 heavy (non-hydrogen) atoms. The number of amides is 1. The normalized spacial score (nSPS) is 15.7. The molecular weight excluding hydrogens is 422 g/mol. The molecule has 1 aliphatic rings. The van der Waals surface area contributed by atoms with Gasteiger partial charge in [0.2, 0.25) is 0 Å². The van der Waals surface area contributed by atoms with Gasteiger partial charge in [0.25, 0.3) is 5.91 Å². The second-order valence-electron chi connectivity index (χ2n) is 6.11. The highest BCUT2D eigenvalue weighted by Crippen LogP contribution is 2.39. The van der Waals surface area contributed by atoms with Gasteiger partial charge in [0, 0.05) is 0 Å². The second-order valence-corrected chi connectivity index (χ2v) is 7.78. The molecule has 0 aliphatic carbocycles. The summed E-state index contributed by atoms with van der Waals surface area (Å²) in [4.78, 5) is 26.4. The SMILES string of the molecule is C#CCOc1ccc(/C=C2\SC(=S)N([C@@H](C(=O)O)c3ccccc3)C2=O)cc1OC. The Morgan fingerprint density at radius 1 is 1.30 bits per heavy atom. The van der Waals surface area contributed by atoms with Crippen molar-refractivity contribution in [2.75, 3.05) is 13.7 Å². The van der Waals surface area contributed by atoms with E-state index in [9.17, 15) is 14.7 Å². The quantitative estimate of drug-likeness (QED) is 0.400. The molecule has 1 fully saturated rings. The monoisotopic (exact) mass is 439 g/mol. The minimum Gasteiger partial charge on any atom is -0.493 e. The number of thiocarbonyl (C=S) groups is 1. The average Bonchev–Trinajstić information content (AvgIpc) is 3.01. The Morgan fingerprint density at radius 2 is 2.03 bits per heavy atom. The Hall–Kier alpha value is -3.28. The number of hydrogen-bond donors (Lipinski definition) is 1. The van der Waals surface area contributed by atoms with Crippen LogP contribution in [0.3, 0.4) is 0 Å². The van der Waals surface area contributed by atoms with Crippen LogP contribution in [0.2, 0.25) is 0 Å². The number of rotatable bonds is 7. The third-order valence-electron chi connectivity index (χ3n) is 4.23. The standard InChI is InChI=1S/C22H17NO5S2/c1-3-11-28-16-10-9-14(12-17(16)27-2)13-18-20(24)23(22(29)30-18)19(21(25)26)15-7-5-4-6-8-15/h1,4-10,12-13,19H,11H2,2H3,(H,25,26)/b18-13-/t19-/m1/s1. The van der Waals surface area contributed by atoms with Gasteiger partial charge >= 0.3 is 5.97 Å². The molecule has 0 aromatic heterocycles. The number of ether oxygens (including phenoxy) is 2. The number of methoxy groups -OCH3 is 1. The van der Waals surface area contributed by atoms with E-state index in [1.165, 1.54) is 7.11 Å². The van der Waals surface area contributed by atoms with Crippen molar-refractivity contribution in [3.63, 3.8) is 0 Å². The van der Waals surface area contributed by atoms with Gasteiger partial charge in [-0.3, -0.25) is 9.69 Å². The van der Waals surface area contributed by atoms with E-state index in [-0.39, 0.29) is 10.9 Å². The summed E-state index contributed by atoms with van der Waals surface area (Å²) in [6.07, 6.45) is 6.85. The van der Waals surface area contributed by atoms with Crippen LogP contribution >= 0.6 is 24.0 Å². The van der Waals surface area contributed by atoms with E-state index < -0.39 is 17.9 Å². The summed E-state index contributed by atoms with van der Waals surface area (Å²) in [5.41, 5.74) is 1.14. The second kappa shape index (κ2) is 9.48. The largest absolute Gasteiger partial charge is 0.493 e. The highest BCUT2D eigenvalue weighted by atomic mass is 32.2. The molecule has 1 amide bonds. The molecule has 1 saturated heterocycles. The van der Waals surface area contributed by atoms with Crippen molar-refractivity contribution in [2.45, 2.75) is 6.04 Å². The highest BCUT2D eigenvalue weighted by Gasteiger charge is 2.41. The van der Waals surface area contributed by atoms with Crippen LogP contribution in [0.5, 0.6) is 11.5 Å². The van der Waals surface area contributed by atoms with E-state index in [1.54, 1.807) is 54.6 Å². The molecule has 2 aromatic carbocycles. The fourth-order valence-electron chi connectivity index (χ4n) is 2.90. The summed E-state index contributed by atoms with van der Waals surface area (Å²) in [6.45, 7) is 0.102. The molecule has 6 nitrogen and oxygen atoms in total. The van der Waals surface area contributed by atoms with Gasteiger partial charge in [-0.05, 0) is 29.3 Å². The Bertz CT molecular complexity index is 1060. The molecule has 1 aliphatic heterocycles. The van der Waals surface area contributed by atoms with Gasteiger partial charge in [-0.1, -0.05) is 66.3 Å². The predicted octanol–water partition coefficient (Wildman–Crippen LogP) is 3.73. The molecule has 152 valence electrons. The fraction of sp³-hybridized carbons (Fsp3) is 0.136. The van der Waals surface area contributed by atoms with E-state index >= 15 is 0 Å². The number of carbonyl (C=O) groups excluding carboxylic acids is 1. The molecule has 0 unspecified atom stereocenters. The van der Waals surface area contributed by atoms with Gasteiger partial charge in [0.1, 0.15) is 10.9 Å². The van der Waals surface area contributed by atoms with E-state index in [0.717, 1.165) is 16.7 Å². The van der Waals surface area contributed by atoms with Gasteiger partial charge < -0.3 is 14.6 Å². The van der Waals surface area contributed by atoms with Crippen molar-refractivity contribution in [1.29, 1.82) is 0 Å². The number of carbonyl (C=O) groups is 2. The molecular formula is C22H17NO5S2. The molecule has 1 atom stereocenters. The molecule has 1 heterocycles. The molecule has 3 rings (SSSR count). The van der Waals surface area contributed by atoms with E-state index in [4.69, 9.17) is 28.1 Å². The van der Waals surface area contributed by atoms with Crippen molar-refractivity contribution >= 4 is 46.3 Å². The van der Waals surface area contributed by atoms with Crippen LogP contribution in [0, 0.1) is 12.3 Å². The average molecular weight is 440 g/mol. The smallest absolute Gasteiger partial charge is 0.331 e. The lowest BCUT2D eigenvalue weighted by Gasteiger charge is -2.23. The number of benzene rings is 2. The molecule has 0 spiro atoms. The molecule has 2 aromatic rings. The molecule has 0 saturated carbocycles. The summed E-state index contributed by atoms with van der Waals surface area (Å²) in [5, 5.41) is 9.74. The topological polar surface area (TPSA) is 76.1 Å². The van der Waals surface area contributed by atoms with Crippen molar-refractivity contribution in [3.8, 4) is 23.8 Å².